The van der Waals surface area contributed by atoms with Gasteiger partial charge in [-0.15, -0.1) is 10.2 Å². The molecule has 0 saturated carbocycles. The third kappa shape index (κ3) is 4.54. The Kier molecular flexibility index (Phi) is 5.95. The van der Waals surface area contributed by atoms with E-state index in [-0.39, 0.29) is 0 Å². The maximum Gasteiger partial charge on any atom is 0.195 e. The first-order valence-electron chi connectivity index (χ1n) is 8.24. The van der Waals surface area contributed by atoms with Crippen LogP contribution >= 0.6 is 11.8 Å². The largest absolute Gasteiger partial charge is 0.494 e. The molecule has 1 heterocycles. The van der Waals surface area contributed by atoms with E-state index in [1.165, 1.54) is 0 Å². The Morgan fingerprint density at radius 1 is 0.920 bits per heavy atom. The van der Waals surface area contributed by atoms with Crippen LogP contribution in [0.2, 0.25) is 0 Å². The standard InChI is InChI=1S/C19H21N3O2S/c1-3-23-18-11-9-16(10-12-18)22-15(2)20-21-19(22)25-14-13-24-17-7-5-4-6-8-17/h4-12H,3,13-14H2,1-2H3. The molecule has 0 spiro atoms. The number of nitrogens with zero attached hydrogens (tertiary/aromatic N) is 3. The lowest BCUT2D eigenvalue weighted by atomic mass is 10.3. The van der Waals surface area contributed by atoms with Gasteiger partial charge in [-0.3, -0.25) is 4.57 Å². The molecule has 0 atom stereocenters. The highest BCUT2D eigenvalue weighted by Crippen LogP contribution is 2.23. The van der Waals surface area contributed by atoms with E-state index in [1.807, 2.05) is 73.0 Å². The average Bonchev–Trinajstić information content (AvgIpc) is 3.01. The number of aromatic nitrogens is 3. The molecule has 0 saturated heterocycles. The molecule has 0 unspecified atom stereocenters. The molecular formula is C19H21N3O2S. The topological polar surface area (TPSA) is 49.2 Å². The first kappa shape index (κ1) is 17.4. The van der Waals surface area contributed by atoms with E-state index in [0.29, 0.717) is 13.2 Å². The Morgan fingerprint density at radius 2 is 1.64 bits per heavy atom. The smallest absolute Gasteiger partial charge is 0.195 e. The van der Waals surface area contributed by atoms with Crippen molar-refractivity contribution in [2.45, 2.75) is 19.0 Å². The molecule has 0 N–H and O–H groups in total. The molecule has 0 bridgehead atoms. The van der Waals surface area contributed by atoms with Crippen LogP contribution in [0.4, 0.5) is 0 Å². The summed E-state index contributed by atoms with van der Waals surface area (Å²) >= 11 is 1.63. The van der Waals surface area contributed by atoms with Gasteiger partial charge in [-0.2, -0.15) is 0 Å². The lowest BCUT2D eigenvalue weighted by Crippen LogP contribution is -2.03. The van der Waals surface area contributed by atoms with Gasteiger partial charge in [0.15, 0.2) is 5.16 Å². The zero-order chi connectivity index (χ0) is 17.5. The first-order valence-corrected chi connectivity index (χ1v) is 9.22. The highest BCUT2D eigenvalue weighted by molar-refractivity contribution is 7.99. The van der Waals surface area contributed by atoms with Crippen molar-refractivity contribution in [1.82, 2.24) is 14.8 Å². The van der Waals surface area contributed by atoms with Crippen molar-refractivity contribution in [3.8, 4) is 17.2 Å². The fourth-order valence-electron chi connectivity index (χ4n) is 2.40. The summed E-state index contributed by atoms with van der Waals surface area (Å²) in [6.07, 6.45) is 0. The van der Waals surface area contributed by atoms with Crippen molar-refractivity contribution in [2.24, 2.45) is 0 Å². The molecule has 0 amide bonds. The Morgan fingerprint density at radius 3 is 2.36 bits per heavy atom. The Balaban J connectivity index is 1.63. The van der Waals surface area contributed by atoms with Gasteiger partial charge in [-0.05, 0) is 50.2 Å². The second-order valence-corrected chi connectivity index (χ2v) is 6.36. The highest BCUT2D eigenvalue weighted by Gasteiger charge is 2.11. The summed E-state index contributed by atoms with van der Waals surface area (Å²) in [5.41, 5.74) is 1.03. The number of aryl methyl sites for hydroxylation is 1. The molecule has 2 aromatic carbocycles. The average molecular weight is 355 g/mol. The van der Waals surface area contributed by atoms with Crippen LogP contribution in [0.3, 0.4) is 0 Å². The second-order valence-electron chi connectivity index (χ2n) is 5.30. The minimum absolute atomic E-state index is 0.615. The minimum Gasteiger partial charge on any atom is -0.494 e. The predicted octanol–water partition coefficient (Wildman–Crippen LogP) is 4.15. The van der Waals surface area contributed by atoms with Crippen LogP contribution in [0.5, 0.6) is 11.5 Å². The van der Waals surface area contributed by atoms with Gasteiger partial charge >= 0.3 is 0 Å². The van der Waals surface area contributed by atoms with E-state index >= 15 is 0 Å². The molecular weight excluding hydrogens is 334 g/mol. The van der Waals surface area contributed by atoms with E-state index in [0.717, 1.165) is 33.9 Å². The van der Waals surface area contributed by atoms with Crippen molar-refractivity contribution in [1.29, 1.82) is 0 Å². The molecule has 0 fully saturated rings. The number of benzene rings is 2. The van der Waals surface area contributed by atoms with Gasteiger partial charge < -0.3 is 9.47 Å². The number of para-hydroxylation sites is 1. The summed E-state index contributed by atoms with van der Waals surface area (Å²) in [5.74, 6) is 3.40. The summed E-state index contributed by atoms with van der Waals surface area (Å²) in [5, 5.41) is 9.35. The van der Waals surface area contributed by atoms with Crippen LogP contribution in [0.1, 0.15) is 12.7 Å². The molecule has 0 aliphatic heterocycles. The van der Waals surface area contributed by atoms with Gasteiger partial charge in [0.25, 0.3) is 0 Å². The Bertz CT molecular complexity index is 788. The summed E-state index contributed by atoms with van der Waals surface area (Å²) in [4.78, 5) is 0. The van der Waals surface area contributed by atoms with Gasteiger partial charge in [0.2, 0.25) is 0 Å². The summed E-state index contributed by atoms with van der Waals surface area (Å²) in [6, 6.07) is 17.8. The van der Waals surface area contributed by atoms with Gasteiger partial charge in [0.1, 0.15) is 17.3 Å². The van der Waals surface area contributed by atoms with Crippen LogP contribution in [0.15, 0.2) is 59.8 Å². The number of hydrogen-bond donors (Lipinski definition) is 0. The van der Waals surface area contributed by atoms with Crippen LogP contribution < -0.4 is 9.47 Å². The molecule has 5 nitrogen and oxygen atoms in total. The predicted molar refractivity (Wildman–Crippen MR) is 99.9 cm³/mol. The van der Waals surface area contributed by atoms with Gasteiger partial charge in [0.05, 0.1) is 13.2 Å². The monoisotopic (exact) mass is 355 g/mol. The molecule has 0 radical (unpaired) electrons. The maximum atomic E-state index is 5.73. The maximum absolute atomic E-state index is 5.73. The number of rotatable bonds is 8. The molecule has 130 valence electrons. The first-order chi connectivity index (χ1) is 12.3. The van der Waals surface area contributed by atoms with E-state index in [4.69, 9.17) is 9.47 Å². The Labute approximate surface area is 152 Å². The highest BCUT2D eigenvalue weighted by atomic mass is 32.2. The molecule has 0 aliphatic carbocycles. The minimum atomic E-state index is 0.615. The van der Waals surface area contributed by atoms with Crippen LogP contribution in [0.25, 0.3) is 5.69 Å². The summed E-state index contributed by atoms with van der Waals surface area (Å²) < 4.78 is 13.3. The summed E-state index contributed by atoms with van der Waals surface area (Å²) in [6.45, 7) is 5.20. The van der Waals surface area contributed by atoms with Crippen molar-refractivity contribution in [2.75, 3.05) is 19.0 Å². The number of thioether (sulfide) groups is 1. The number of ether oxygens (including phenoxy) is 2. The van der Waals surface area contributed by atoms with Crippen molar-refractivity contribution in [3.05, 3.63) is 60.4 Å². The van der Waals surface area contributed by atoms with Crippen molar-refractivity contribution < 1.29 is 9.47 Å². The van der Waals surface area contributed by atoms with E-state index in [2.05, 4.69) is 10.2 Å². The van der Waals surface area contributed by atoms with Crippen molar-refractivity contribution in [3.63, 3.8) is 0 Å². The lowest BCUT2D eigenvalue weighted by molar-refractivity contribution is 0.340. The fraction of sp³-hybridized carbons (Fsp3) is 0.263. The second kappa shape index (κ2) is 8.58. The van der Waals surface area contributed by atoms with Gasteiger partial charge in [-0.1, -0.05) is 30.0 Å². The quantitative estimate of drug-likeness (QED) is 0.449. The van der Waals surface area contributed by atoms with E-state index < -0.39 is 0 Å². The third-order valence-electron chi connectivity index (χ3n) is 3.53. The normalized spacial score (nSPS) is 10.6. The van der Waals surface area contributed by atoms with Crippen LogP contribution in [0, 0.1) is 6.92 Å². The van der Waals surface area contributed by atoms with E-state index in [9.17, 15) is 0 Å². The molecule has 1 aromatic heterocycles. The third-order valence-corrected chi connectivity index (χ3v) is 4.42. The number of hydrogen-bond acceptors (Lipinski definition) is 5. The molecule has 3 aromatic rings. The molecule has 6 heteroatoms. The zero-order valence-corrected chi connectivity index (χ0v) is 15.2. The molecule has 3 rings (SSSR count). The van der Waals surface area contributed by atoms with E-state index in [1.54, 1.807) is 11.8 Å². The fourth-order valence-corrected chi connectivity index (χ4v) is 3.22. The van der Waals surface area contributed by atoms with Crippen LogP contribution in [-0.2, 0) is 0 Å². The SMILES string of the molecule is CCOc1ccc(-n2c(C)nnc2SCCOc2ccccc2)cc1. The van der Waals surface area contributed by atoms with Gasteiger partial charge in [0, 0.05) is 11.4 Å². The van der Waals surface area contributed by atoms with Crippen LogP contribution in [-0.4, -0.2) is 33.7 Å². The zero-order valence-electron chi connectivity index (χ0n) is 14.4. The Hall–Kier alpha value is -2.47. The molecule has 0 aliphatic rings. The molecule has 25 heavy (non-hydrogen) atoms. The lowest BCUT2D eigenvalue weighted by Gasteiger charge is -2.10. The summed E-state index contributed by atoms with van der Waals surface area (Å²) in [7, 11) is 0. The van der Waals surface area contributed by atoms with Crippen molar-refractivity contribution >= 4 is 11.8 Å². The van der Waals surface area contributed by atoms with Gasteiger partial charge in [-0.25, -0.2) is 0 Å².